The third kappa shape index (κ3) is 2.89. The van der Waals surface area contributed by atoms with E-state index in [9.17, 15) is 19.7 Å². The SMILES string of the molecule is Cc1occc1C(=O)Nc1cc([N+](=O)[O-])ccc1C(=O)O. The molecular formula is C13H10N2O6. The lowest BCUT2D eigenvalue weighted by Gasteiger charge is -2.07. The molecule has 8 heteroatoms. The number of hydrogen-bond acceptors (Lipinski definition) is 5. The summed E-state index contributed by atoms with van der Waals surface area (Å²) in [6, 6.07) is 4.54. The summed E-state index contributed by atoms with van der Waals surface area (Å²) in [6.07, 6.45) is 1.32. The number of hydrogen-bond donors (Lipinski definition) is 2. The molecule has 2 aromatic rings. The molecule has 1 aromatic carbocycles. The Balaban J connectivity index is 2.39. The molecule has 0 saturated carbocycles. The van der Waals surface area contributed by atoms with Gasteiger partial charge >= 0.3 is 5.97 Å². The van der Waals surface area contributed by atoms with Crippen molar-refractivity contribution in [1.82, 2.24) is 0 Å². The van der Waals surface area contributed by atoms with Crippen molar-refractivity contribution in [3.05, 3.63) is 57.5 Å². The molecule has 0 aliphatic heterocycles. The van der Waals surface area contributed by atoms with Crippen LogP contribution in [0.5, 0.6) is 0 Å². The Morgan fingerprint density at radius 3 is 2.52 bits per heavy atom. The lowest BCUT2D eigenvalue weighted by atomic mass is 10.1. The molecule has 0 fully saturated rings. The summed E-state index contributed by atoms with van der Waals surface area (Å²) in [4.78, 5) is 33.2. The number of furan rings is 1. The van der Waals surface area contributed by atoms with Gasteiger partial charge in [-0.15, -0.1) is 0 Å². The van der Waals surface area contributed by atoms with Gasteiger partial charge in [0.1, 0.15) is 5.76 Å². The molecule has 0 bridgehead atoms. The second-order valence-corrected chi connectivity index (χ2v) is 4.14. The summed E-state index contributed by atoms with van der Waals surface area (Å²) in [7, 11) is 0. The monoisotopic (exact) mass is 290 g/mol. The topological polar surface area (TPSA) is 123 Å². The molecule has 2 rings (SSSR count). The number of nitro groups is 1. The number of carboxylic acids is 1. The van der Waals surface area contributed by atoms with E-state index >= 15 is 0 Å². The molecule has 1 heterocycles. The van der Waals surface area contributed by atoms with E-state index < -0.39 is 16.8 Å². The van der Waals surface area contributed by atoms with Crippen LogP contribution < -0.4 is 5.32 Å². The van der Waals surface area contributed by atoms with Crippen LogP contribution in [0.4, 0.5) is 11.4 Å². The Hall–Kier alpha value is -3.16. The standard InChI is InChI=1S/C13H10N2O6/c1-7-9(4-5-21-7)12(16)14-11-6-8(15(19)20)2-3-10(11)13(17)18/h2-6H,1H3,(H,14,16)(H,17,18). The molecule has 1 aromatic heterocycles. The van der Waals surface area contributed by atoms with E-state index in [1.54, 1.807) is 6.92 Å². The number of carboxylic acid groups (broad SMARTS) is 1. The fraction of sp³-hybridized carbons (Fsp3) is 0.0769. The Bertz CT molecular complexity index is 734. The van der Waals surface area contributed by atoms with Crippen molar-refractivity contribution in [3.8, 4) is 0 Å². The molecule has 0 atom stereocenters. The average Bonchev–Trinajstić information content (AvgIpc) is 2.84. The molecule has 0 saturated heterocycles. The van der Waals surface area contributed by atoms with E-state index in [0.29, 0.717) is 5.76 Å². The van der Waals surface area contributed by atoms with Gasteiger partial charge in [0.25, 0.3) is 11.6 Å². The number of aryl methyl sites for hydroxylation is 1. The largest absolute Gasteiger partial charge is 0.478 e. The molecule has 21 heavy (non-hydrogen) atoms. The second kappa shape index (κ2) is 5.45. The summed E-state index contributed by atoms with van der Waals surface area (Å²) in [5, 5.41) is 22.1. The molecule has 0 aliphatic rings. The van der Waals surface area contributed by atoms with E-state index in [4.69, 9.17) is 9.52 Å². The number of benzene rings is 1. The van der Waals surface area contributed by atoms with Gasteiger partial charge in [-0.05, 0) is 19.1 Å². The highest BCUT2D eigenvalue weighted by molar-refractivity contribution is 6.08. The Labute approximate surface area is 118 Å². The first-order chi connectivity index (χ1) is 9.90. The smallest absolute Gasteiger partial charge is 0.337 e. The highest BCUT2D eigenvalue weighted by atomic mass is 16.6. The number of nitro benzene ring substituents is 1. The summed E-state index contributed by atoms with van der Waals surface area (Å²) >= 11 is 0. The number of carbonyl (C=O) groups is 2. The van der Waals surface area contributed by atoms with Gasteiger partial charge in [-0.1, -0.05) is 0 Å². The molecule has 108 valence electrons. The first-order valence-corrected chi connectivity index (χ1v) is 5.77. The fourth-order valence-electron chi connectivity index (χ4n) is 1.75. The van der Waals surface area contributed by atoms with Crippen LogP contribution >= 0.6 is 0 Å². The summed E-state index contributed by atoms with van der Waals surface area (Å²) < 4.78 is 4.98. The Kier molecular flexibility index (Phi) is 3.70. The van der Waals surface area contributed by atoms with Gasteiger partial charge in [-0.3, -0.25) is 14.9 Å². The molecule has 0 spiro atoms. The van der Waals surface area contributed by atoms with E-state index in [2.05, 4.69) is 5.32 Å². The normalized spacial score (nSPS) is 10.1. The van der Waals surface area contributed by atoms with Gasteiger partial charge in [0.2, 0.25) is 0 Å². The molecule has 0 radical (unpaired) electrons. The van der Waals surface area contributed by atoms with Gasteiger partial charge in [-0.25, -0.2) is 4.79 Å². The first kappa shape index (κ1) is 14.3. The number of rotatable bonds is 4. The second-order valence-electron chi connectivity index (χ2n) is 4.14. The lowest BCUT2D eigenvalue weighted by Crippen LogP contribution is -2.15. The maximum absolute atomic E-state index is 12.0. The van der Waals surface area contributed by atoms with Gasteiger partial charge in [0.15, 0.2) is 0 Å². The lowest BCUT2D eigenvalue weighted by molar-refractivity contribution is -0.384. The number of aromatic carboxylic acids is 1. The van der Waals surface area contributed by atoms with E-state index in [-0.39, 0.29) is 22.5 Å². The molecule has 1 amide bonds. The highest BCUT2D eigenvalue weighted by Crippen LogP contribution is 2.24. The van der Waals surface area contributed by atoms with Gasteiger partial charge in [0, 0.05) is 12.1 Å². The van der Waals surface area contributed by atoms with Crippen LogP contribution in [0.3, 0.4) is 0 Å². The minimum Gasteiger partial charge on any atom is -0.478 e. The van der Waals surface area contributed by atoms with Crippen LogP contribution in [0.25, 0.3) is 0 Å². The molecular weight excluding hydrogens is 280 g/mol. The Morgan fingerprint density at radius 1 is 1.29 bits per heavy atom. The van der Waals surface area contributed by atoms with Crippen molar-refractivity contribution < 1.29 is 24.0 Å². The number of carbonyl (C=O) groups excluding carboxylic acids is 1. The third-order valence-corrected chi connectivity index (χ3v) is 2.80. The highest BCUT2D eigenvalue weighted by Gasteiger charge is 2.19. The average molecular weight is 290 g/mol. The van der Waals surface area contributed by atoms with Crippen LogP contribution in [-0.2, 0) is 0 Å². The van der Waals surface area contributed by atoms with Crippen LogP contribution in [0.15, 0.2) is 34.9 Å². The van der Waals surface area contributed by atoms with Crippen molar-refractivity contribution in [2.45, 2.75) is 6.92 Å². The number of nitrogens with zero attached hydrogens (tertiary/aromatic N) is 1. The number of amides is 1. The predicted octanol–water partition coefficient (Wildman–Crippen LogP) is 2.45. The van der Waals surface area contributed by atoms with E-state index in [0.717, 1.165) is 18.2 Å². The summed E-state index contributed by atoms with van der Waals surface area (Å²) in [5.41, 5.74) is -0.491. The molecule has 0 unspecified atom stereocenters. The van der Waals surface area contributed by atoms with E-state index in [1.807, 2.05) is 0 Å². The zero-order valence-corrected chi connectivity index (χ0v) is 10.8. The minimum absolute atomic E-state index is 0.151. The van der Waals surface area contributed by atoms with Crippen LogP contribution in [0, 0.1) is 17.0 Å². The Morgan fingerprint density at radius 2 is 2.00 bits per heavy atom. The van der Waals surface area contributed by atoms with Crippen molar-refractivity contribution >= 4 is 23.3 Å². The molecule has 8 nitrogen and oxygen atoms in total. The maximum Gasteiger partial charge on any atom is 0.337 e. The molecule has 2 N–H and O–H groups in total. The third-order valence-electron chi connectivity index (χ3n) is 2.80. The van der Waals surface area contributed by atoms with E-state index in [1.165, 1.54) is 12.3 Å². The van der Waals surface area contributed by atoms with Gasteiger partial charge < -0.3 is 14.8 Å². The zero-order chi connectivity index (χ0) is 15.6. The number of non-ortho nitro benzene ring substituents is 1. The molecule has 0 aliphatic carbocycles. The van der Waals surface area contributed by atoms with Crippen LogP contribution in [0.1, 0.15) is 26.5 Å². The van der Waals surface area contributed by atoms with Gasteiger partial charge in [-0.2, -0.15) is 0 Å². The first-order valence-electron chi connectivity index (χ1n) is 5.77. The van der Waals surface area contributed by atoms with Crippen molar-refractivity contribution in [3.63, 3.8) is 0 Å². The van der Waals surface area contributed by atoms with Crippen molar-refractivity contribution in [1.29, 1.82) is 0 Å². The summed E-state index contributed by atoms with van der Waals surface area (Å²) in [6.45, 7) is 1.57. The quantitative estimate of drug-likeness (QED) is 0.658. The predicted molar refractivity (Wildman–Crippen MR) is 71.5 cm³/mol. The van der Waals surface area contributed by atoms with Crippen molar-refractivity contribution in [2.75, 3.05) is 5.32 Å². The van der Waals surface area contributed by atoms with Crippen molar-refractivity contribution in [2.24, 2.45) is 0 Å². The van der Waals surface area contributed by atoms with Crippen LogP contribution in [0.2, 0.25) is 0 Å². The summed E-state index contributed by atoms with van der Waals surface area (Å²) in [5.74, 6) is -1.55. The minimum atomic E-state index is -1.30. The zero-order valence-electron chi connectivity index (χ0n) is 10.8. The van der Waals surface area contributed by atoms with Crippen LogP contribution in [-0.4, -0.2) is 21.9 Å². The maximum atomic E-state index is 12.0. The number of anilines is 1. The van der Waals surface area contributed by atoms with Gasteiger partial charge in [0.05, 0.1) is 28.0 Å². The number of nitrogens with one attached hydrogen (secondary N) is 1. The fourth-order valence-corrected chi connectivity index (χ4v) is 1.75.